The molecular formula is C45H116O17Si16. The van der Waals surface area contributed by atoms with Gasteiger partial charge < -0.3 is 72.4 Å². The molecule has 17 nitrogen and oxygen atoms in total. The number of hydrogen-bond donors (Lipinski definition) is 0. The van der Waals surface area contributed by atoms with Crippen LogP contribution in [0.25, 0.3) is 0 Å². The molecule has 0 radical (unpaired) electrons. The largest absolute Gasteiger partial charge is 0.500 e. The smallest absolute Gasteiger partial charge is 0.453 e. The van der Waals surface area contributed by atoms with E-state index >= 15 is 0 Å². The highest BCUT2D eigenvalue weighted by atomic mass is 28.5. The quantitative estimate of drug-likeness (QED) is 0.0340. The summed E-state index contributed by atoms with van der Waals surface area (Å²) in [5.74, 6) is 0. The molecule has 78 heavy (non-hydrogen) atoms. The molecule has 0 aliphatic carbocycles. The second kappa shape index (κ2) is 32.3. The molecular weight excluding hydrogens is 1260 g/mol. The summed E-state index contributed by atoms with van der Waals surface area (Å²) in [7, 11) is -24.8. The maximum Gasteiger partial charge on any atom is 0.500 e. The second-order valence-corrected chi connectivity index (χ2v) is 80.9. The Morgan fingerprint density at radius 1 is 0.372 bits per heavy atom. The third-order valence-electron chi connectivity index (χ3n) is 13.9. The van der Waals surface area contributed by atoms with Gasteiger partial charge in [-0.2, -0.15) is 0 Å². The van der Waals surface area contributed by atoms with E-state index in [-0.39, 0.29) is 19.0 Å². The average molecular weight is 1380 g/mol. The van der Waals surface area contributed by atoms with Gasteiger partial charge in [-0.3, -0.25) is 0 Å². The van der Waals surface area contributed by atoms with Gasteiger partial charge in [0, 0.05) is 67.2 Å². The molecule has 2 heterocycles. The number of allylic oxidation sites excluding steroid dienone is 2. The molecule has 0 spiro atoms. The van der Waals surface area contributed by atoms with Crippen LogP contribution in [0.2, 0.25) is 197 Å². The predicted octanol–water partition coefficient (Wildman–Crippen LogP) is 11.4. The summed E-state index contributed by atoms with van der Waals surface area (Å²) in [5.41, 5.74) is 2.03. The Morgan fingerprint density at radius 3 is 0.872 bits per heavy atom. The van der Waals surface area contributed by atoms with Gasteiger partial charge in [-0.15, -0.1) is 19.7 Å². The van der Waals surface area contributed by atoms with E-state index in [1.54, 1.807) is 42.7 Å². The van der Waals surface area contributed by atoms with E-state index in [1.807, 2.05) is 17.9 Å². The highest BCUT2D eigenvalue weighted by Crippen LogP contribution is 2.41. The minimum atomic E-state index is -2.83. The number of rotatable bonds is 34. The molecule has 3 unspecified atom stereocenters. The van der Waals surface area contributed by atoms with Crippen LogP contribution >= 0.6 is 0 Å². The lowest BCUT2D eigenvalue weighted by Gasteiger charge is -2.50. The van der Waals surface area contributed by atoms with E-state index in [0.717, 1.165) is 60.8 Å². The first-order valence-electron chi connectivity index (χ1n) is 28.2. The standard InChI is InChI=1S/C26H66O9Si9.C19H50O8Si7/c1-17-19-36-26-30-38(8,9)20-22-41(14)32-40(12,13)33-42(15,24-25-44(27-3,28-4)29-5)35-43(16,34-41)23-21-39(10,11)31-37(6,7)18-2;1-13-14-28-19-23-29(5,6)15-16-32(11)24-30(7,8)26-33(12,27-31(9,10)25-32)17-18-34(20-2,21-3)22-4/h17-18H,1-2,19-26,36H2,3-16H3;13H,1,14-19,28H2,2-12H3. The summed E-state index contributed by atoms with van der Waals surface area (Å²) in [4.78, 5) is 0. The van der Waals surface area contributed by atoms with Crippen LogP contribution in [0.15, 0.2) is 37.6 Å². The first kappa shape index (κ1) is 78.0. The van der Waals surface area contributed by atoms with Crippen LogP contribution < -0.4 is 0 Å². The van der Waals surface area contributed by atoms with Crippen molar-refractivity contribution in [1.82, 2.24) is 0 Å². The van der Waals surface area contributed by atoms with Crippen LogP contribution in [0.3, 0.4) is 0 Å². The van der Waals surface area contributed by atoms with Gasteiger partial charge in [0.05, 0.1) is 19.0 Å². The topological polar surface area (TPSA) is 157 Å². The van der Waals surface area contributed by atoms with Crippen LogP contribution in [0.5, 0.6) is 0 Å². The number of hydrogen-bond acceptors (Lipinski definition) is 17. The highest BCUT2D eigenvalue weighted by molar-refractivity contribution is 6.96. The van der Waals surface area contributed by atoms with Gasteiger partial charge in [0.2, 0.25) is 0 Å². The van der Waals surface area contributed by atoms with E-state index in [2.05, 4.69) is 144 Å². The summed E-state index contributed by atoms with van der Waals surface area (Å²) in [6.07, 6.45) is 5.86. The third kappa shape index (κ3) is 29.1. The molecule has 0 saturated carbocycles. The van der Waals surface area contributed by atoms with E-state index in [9.17, 15) is 0 Å². The summed E-state index contributed by atoms with van der Waals surface area (Å²) >= 11 is 0. The maximum atomic E-state index is 7.36. The summed E-state index contributed by atoms with van der Waals surface area (Å²) in [6.45, 7) is 53.7. The molecule has 0 aromatic carbocycles. The van der Waals surface area contributed by atoms with Gasteiger partial charge in [-0.1, -0.05) is 17.9 Å². The first-order chi connectivity index (χ1) is 35.4. The molecule has 0 aromatic rings. The lowest BCUT2D eigenvalue weighted by Crippen LogP contribution is -2.67. The van der Waals surface area contributed by atoms with Crippen molar-refractivity contribution in [2.75, 3.05) is 55.1 Å². The molecule has 0 aromatic heterocycles. The van der Waals surface area contributed by atoms with Crippen molar-refractivity contribution < 1.29 is 72.4 Å². The monoisotopic (exact) mass is 1380 g/mol. The van der Waals surface area contributed by atoms with Gasteiger partial charge >= 0.3 is 86.1 Å². The van der Waals surface area contributed by atoms with Gasteiger partial charge in [-0.05, 0) is 185 Å². The summed E-state index contributed by atoms with van der Waals surface area (Å²) in [5, 5.41) is 0. The SMILES string of the molecule is C=CC[SiH2]CO[Si](C)(C)CC[Si]1(C)O[Si](C)(C)O[Si](C)(CC[Si](OC)(OC)OC)O[Si](C)(C)O1.C=CC[SiH2]CO[Si](C)(C)CC[Si]1(C)O[Si](C)(C)O[Si](C)(CC[Si](OC)(OC)OC)O[Si](C)(CC[Si](C)(C)O[Si](C)(C)C=C)O1. The minimum Gasteiger partial charge on any atom is -0.453 e. The van der Waals surface area contributed by atoms with Crippen LogP contribution in [0.1, 0.15) is 0 Å². The molecule has 2 aliphatic heterocycles. The molecule has 2 aliphatic rings. The van der Waals surface area contributed by atoms with Crippen molar-refractivity contribution in [2.45, 2.75) is 197 Å². The van der Waals surface area contributed by atoms with E-state index in [0.29, 0.717) is 24.2 Å². The molecule has 3 atom stereocenters. The highest BCUT2D eigenvalue weighted by Gasteiger charge is 2.58. The zero-order chi connectivity index (χ0) is 60.5. The van der Waals surface area contributed by atoms with Crippen LogP contribution in [0.4, 0.5) is 0 Å². The molecule has 2 fully saturated rings. The fourth-order valence-corrected chi connectivity index (χ4v) is 85.1. The van der Waals surface area contributed by atoms with Gasteiger partial charge in [0.1, 0.15) is 0 Å². The first-order valence-corrected chi connectivity index (χ1v) is 69.5. The Balaban J connectivity index is 0.000000806. The molecule has 0 N–H and O–H groups in total. The molecule has 0 amide bonds. The Labute approximate surface area is 496 Å². The summed E-state index contributed by atoms with van der Waals surface area (Å²) < 4.78 is 110. The van der Waals surface area contributed by atoms with Gasteiger partial charge in [0.25, 0.3) is 0 Å². The zero-order valence-electron chi connectivity index (χ0n) is 54.1. The fraction of sp³-hybridized carbons (Fsp3) is 0.867. The molecule has 33 heteroatoms. The van der Waals surface area contributed by atoms with Crippen LogP contribution in [0, 0.1) is 0 Å². The third-order valence-corrected chi connectivity index (χ3v) is 71.8. The summed E-state index contributed by atoms with van der Waals surface area (Å²) in [6, 6.07) is 10.4. The molecule has 2 saturated heterocycles. The molecule has 2 rings (SSSR count). The van der Waals surface area contributed by atoms with Crippen molar-refractivity contribution in [1.29, 1.82) is 0 Å². The lowest BCUT2D eigenvalue weighted by molar-refractivity contribution is 0.123. The second-order valence-electron chi connectivity index (χ2n) is 25.5. The lowest BCUT2D eigenvalue weighted by atomic mass is 10.8. The Bertz CT molecular complexity index is 1780. The van der Waals surface area contributed by atoms with Crippen molar-refractivity contribution >= 4 is 138 Å². The normalized spacial score (nSPS) is 27.7. The van der Waals surface area contributed by atoms with Crippen LogP contribution in [-0.4, -0.2) is 194 Å². The molecule has 462 valence electrons. The minimum absolute atomic E-state index is 0.206. The van der Waals surface area contributed by atoms with Crippen molar-refractivity contribution in [3.8, 4) is 0 Å². The Hall–Kier alpha value is 2.01. The average Bonchev–Trinajstić information content (AvgIpc) is 3.29. The van der Waals surface area contributed by atoms with Crippen molar-refractivity contribution in [3.63, 3.8) is 0 Å². The molecule has 0 bridgehead atoms. The van der Waals surface area contributed by atoms with Crippen LogP contribution in [-0.2, 0) is 72.4 Å². The van der Waals surface area contributed by atoms with Gasteiger partial charge in [-0.25, -0.2) is 0 Å². The van der Waals surface area contributed by atoms with E-state index < -0.39 is 119 Å². The Kier molecular flexibility index (Phi) is 32.3. The van der Waals surface area contributed by atoms with Gasteiger partial charge in [0.15, 0.2) is 33.3 Å². The Morgan fingerprint density at radius 2 is 0.615 bits per heavy atom. The predicted molar refractivity (Wildman–Crippen MR) is 361 cm³/mol. The fourth-order valence-electron chi connectivity index (χ4n) is 10.3. The maximum absolute atomic E-state index is 7.36. The van der Waals surface area contributed by atoms with Crippen molar-refractivity contribution in [3.05, 3.63) is 37.6 Å². The van der Waals surface area contributed by atoms with E-state index in [1.165, 1.54) is 0 Å². The zero-order valence-corrected chi connectivity index (χ0v) is 70.9. The van der Waals surface area contributed by atoms with E-state index in [4.69, 9.17) is 72.4 Å². The van der Waals surface area contributed by atoms with Crippen molar-refractivity contribution in [2.24, 2.45) is 0 Å².